The van der Waals surface area contributed by atoms with Crippen molar-refractivity contribution in [1.82, 2.24) is 14.1 Å². The number of ether oxygens (including phenoxy) is 1. The van der Waals surface area contributed by atoms with Crippen molar-refractivity contribution < 1.29 is 17.9 Å². The highest BCUT2D eigenvalue weighted by Crippen LogP contribution is 2.22. The van der Waals surface area contributed by atoms with Crippen molar-refractivity contribution in [2.45, 2.75) is 6.92 Å². The fourth-order valence-electron chi connectivity index (χ4n) is 3.08. The van der Waals surface area contributed by atoms with Gasteiger partial charge in [0.2, 0.25) is 0 Å². The Bertz CT molecular complexity index is 869. The summed E-state index contributed by atoms with van der Waals surface area (Å²) in [6.07, 6.45) is 1.54. The van der Waals surface area contributed by atoms with Crippen LogP contribution in [-0.2, 0) is 15.0 Å². The predicted octanol–water partition coefficient (Wildman–Crippen LogP) is 0.723. The summed E-state index contributed by atoms with van der Waals surface area (Å²) in [5.74, 6) is 0.363. The summed E-state index contributed by atoms with van der Waals surface area (Å²) in [4.78, 5) is 16.9. The topological polar surface area (TPSA) is 82.5 Å². The predicted molar refractivity (Wildman–Crippen MR) is 103 cm³/mol. The van der Waals surface area contributed by atoms with Crippen LogP contribution in [0.15, 0.2) is 40.4 Å². The molecular formula is C18H24N4O4S. The first kappa shape index (κ1) is 19.4. The van der Waals surface area contributed by atoms with E-state index >= 15 is 0 Å². The van der Waals surface area contributed by atoms with E-state index < -0.39 is 10.2 Å². The molecule has 0 spiro atoms. The molecule has 3 rings (SSSR count). The van der Waals surface area contributed by atoms with E-state index in [9.17, 15) is 13.2 Å². The molecule has 1 amide bonds. The van der Waals surface area contributed by atoms with E-state index in [0.717, 1.165) is 23.9 Å². The molecular weight excluding hydrogens is 368 g/mol. The number of nitrogens with zero attached hydrogens (tertiary/aromatic N) is 4. The summed E-state index contributed by atoms with van der Waals surface area (Å²) >= 11 is 0. The summed E-state index contributed by atoms with van der Waals surface area (Å²) in [5.41, 5.74) is 0.959. The number of allylic oxidation sites excluding steroid dienone is 1. The number of hydrogen-bond acceptors (Lipinski definition) is 5. The van der Waals surface area contributed by atoms with Gasteiger partial charge in [-0.15, -0.1) is 4.40 Å². The highest BCUT2D eigenvalue weighted by Gasteiger charge is 2.33. The standard InChI is InChI=1S/C18H24N4O4S/c1-4-21-9-11-22(12-10-21)18(23)17-13-16(19-27(24,25)20(17)2)14-5-7-15(26-3)8-6-14/h5-8,13H,4,9-12H2,1-3H3. The van der Waals surface area contributed by atoms with Gasteiger partial charge in [0, 0.05) is 38.8 Å². The first-order chi connectivity index (χ1) is 12.9. The van der Waals surface area contributed by atoms with Crippen molar-refractivity contribution in [1.29, 1.82) is 0 Å². The van der Waals surface area contributed by atoms with Crippen LogP contribution < -0.4 is 4.74 Å². The van der Waals surface area contributed by atoms with Gasteiger partial charge < -0.3 is 14.5 Å². The molecule has 1 saturated heterocycles. The third-order valence-electron chi connectivity index (χ3n) is 4.88. The van der Waals surface area contributed by atoms with E-state index in [0.29, 0.717) is 24.4 Å². The number of carbonyl (C=O) groups is 1. The lowest BCUT2D eigenvalue weighted by Crippen LogP contribution is -2.50. The largest absolute Gasteiger partial charge is 0.497 e. The average molecular weight is 392 g/mol. The fourth-order valence-corrected chi connectivity index (χ4v) is 3.99. The Balaban J connectivity index is 1.90. The van der Waals surface area contributed by atoms with Crippen LogP contribution in [0.1, 0.15) is 12.5 Å². The van der Waals surface area contributed by atoms with Crippen LogP contribution in [0.4, 0.5) is 0 Å². The summed E-state index contributed by atoms with van der Waals surface area (Å²) in [6.45, 7) is 5.74. The molecule has 0 saturated carbocycles. The van der Waals surface area contributed by atoms with Crippen molar-refractivity contribution in [2.75, 3.05) is 46.9 Å². The highest BCUT2D eigenvalue weighted by molar-refractivity contribution is 7.88. The van der Waals surface area contributed by atoms with Crippen molar-refractivity contribution in [3.63, 3.8) is 0 Å². The van der Waals surface area contributed by atoms with E-state index in [-0.39, 0.29) is 17.3 Å². The fraction of sp³-hybridized carbons (Fsp3) is 0.444. The molecule has 2 aliphatic rings. The zero-order chi connectivity index (χ0) is 19.6. The van der Waals surface area contributed by atoms with Crippen LogP contribution >= 0.6 is 0 Å². The normalized spacial score (nSPS) is 20.1. The first-order valence-corrected chi connectivity index (χ1v) is 10.2. The second-order valence-electron chi connectivity index (χ2n) is 6.41. The SMILES string of the molecule is CCN1CCN(C(=O)C2=CC(c3ccc(OC)cc3)=NS(=O)(=O)N2C)CC1. The molecule has 0 bridgehead atoms. The average Bonchev–Trinajstić information content (AvgIpc) is 2.69. The monoisotopic (exact) mass is 392 g/mol. The number of piperazine rings is 1. The smallest absolute Gasteiger partial charge is 0.345 e. The maximum absolute atomic E-state index is 13.0. The second-order valence-corrected chi connectivity index (χ2v) is 8.03. The molecule has 9 heteroatoms. The Morgan fingerprint density at radius 1 is 1.15 bits per heavy atom. The Morgan fingerprint density at radius 3 is 2.33 bits per heavy atom. The molecule has 0 radical (unpaired) electrons. The quantitative estimate of drug-likeness (QED) is 0.754. The number of hydrogen-bond donors (Lipinski definition) is 0. The van der Waals surface area contributed by atoms with Crippen LogP contribution in [0, 0.1) is 0 Å². The maximum atomic E-state index is 13.0. The zero-order valence-corrected chi connectivity index (χ0v) is 16.6. The molecule has 1 aromatic carbocycles. The molecule has 0 unspecified atom stereocenters. The van der Waals surface area contributed by atoms with Gasteiger partial charge in [-0.3, -0.25) is 4.79 Å². The molecule has 8 nitrogen and oxygen atoms in total. The van der Waals surface area contributed by atoms with Gasteiger partial charge in [0.1, 0.15) is 11.4 Å². The number of rotatable bonds is 4. The van der Waals surface area contributed by atoms with Crippen molar-refractivity contribution >= 4 is 21.8 Å². The minimum absolute atomic E-state index is 0.112. The lowest BCUT2D eigenvalue weighted by molar-refractivity contribution is -0.129. The number of methoxy groups -OCH3 is 1. The lowest BCUT2D eigenvalue weighted by Gasteiger charge is -2.36. The van der Waals surface area contributed by atoms with Crippen LogP contribution in [-0.4, -0.2) is 81.0 Å². The second kappa shape index (κ2) is 7.69. The Morgan fingerprint density at radius 2 is 1.78 bits per heavy atom. The number of amides is 1. The van der Waals surface area contributed by atoms with Gasteiger partial charge in [0.15, 0.2) is 0 Å². The van der Waals surface area contributed by atoms with Gasteiger partial charge in [-0.25, -0.2) is 4.31 Å². The zero-order valence-electron chi connectivity index (χ0n) is 15.8. The molecule has 0 aliphatic carbocycles. The van der Waals surface area contributed by atoms with Gasteiger partial charge in [-0.2, -0.15) is 8.42 Å². The molecule has 1 fully saturated rings. The van der Waals surface area contributed by atoms with E-state index in [2.05, 4.69) is 16.2 Å². The lowest BCUT2D eigenvalue weighted by atomic mass is 10.1. The number of likely N-dealkylation sites (N-methyl/N-ethyl adjacent to an activating group) is 2. The van der Waals surface area contributed by atoms with Crippen LogP contribution in [0.2, 0.25) is 0 Å². The van der Waals surface area contributed by atoms with Gasteiger partial charge >= 0.3 is 10.2 Å². The van der Waals surface area contributed by atoms with Gasteiger partial charge in [-0.1, -0.05) is 6.92 Å². The Hall–Kier alpha value is -2.39. The summed E-state index contributed by atoms with van der Waals surface area (Å²) in [5, 5.41) is 0. The summed E-state index contributed by atoms with van der Waals surface area (Å²) < 4.78 is 34.9. The molecule has 2 aliphatic heterocycles. The molecule has 146 valence electrons. The first-order valence-electron chi connectivity index (χ1n) is 8.82. The van der Waals surface area contributed by atoms with Gasteiger partial charge in [0.25, 0.3) is 5.91 Å². The van der Waals surface area contributed by atoms with Crippen LogP contribution in [0.3, 0.4) is 0 Å². The third-order valence-corrected chi connectivity index (χ3v) is 6.20. The Labute approximate surface area is 159 Å². The van der Waals surface area contributed by atoms with Gasteiger partial charge in [-0.05, 0) is 36.9 Å². The molecule has 2 heterocycles. The minimum atomic E-state index is -3.96. The molecule has 0 N–H and O–H groups in total. The van der Waals surface area contributed by atoms with E-state index in [1.165, 1.54) is 13.1 Å². The van der Waals surface area contributed by atoms with Crippen LogP contribution in [0.25, 0.3) is 0 Å². The molecule has 0 atom stereocenters. The third kappa shape index (κ3) is 3.98. The number of benzene rings is 1. The van der Waals surface area contributed by atoms with Crippen molar-refractivity contribution in [3.05, 3.63) is 41.6 Å². The maximum Gasteiger partial charge on any atom is 0.345 e. The summed E-state index contributed by atoms with van der Waals surface area (Å²) in [6, 6.07) is 6.89. The van der Waals surface area contributed by atoms with E-state index in [1.807, 2.05) is 0 Å². The Kier molecular flexibility index (Phi) is 5.52. The van der Waals surface area contributed by atoms with Crippen molar-refractivity contribution in [2.24, 2.45) is 4.40 Å². The van der Waals surface area contributed by atoms with Crippen LogP contribution in [0.5, 0.6) is 5.75 Å². The van der Waals surface area contributed by atoms with Crippen molar-refractivity contribution in [3.8, 4) is 5.75 Å². The minimum Gasteiger partial charge on any atom is -0.497 e. The number of carbonyl (C=O) groups excluding carboxylic acids is 1. The van der Waals surface area contributed by atoms with E-state index in [4.69, 9.17) is 4.74 Å². The highest BCUT2D eigenvalue weighted by atomic mass is 32.2. The molecule has 0 aromatic heterocycles. The van der Waals surface area contributed by atoms with E-state index in [1.54, 1.807) is 36.3 Å². The summed E-state index contributed by atoms with van der Waals surface area (Å²) in [7, 11) is -1.05. The molecule has 1 aromatic rings. The molecule has 27 heavy (non-hydrogen) atoms. The van der Waals surface area contributed by atoms with Gasteiger partial charge in [0.05, 0.1) is 12.8 Å².